The molecule has 0 radical (unpaired) electrons. The van der Waals surface area contributed by atoms with Crippen molar-refractivity contribution in [1.82, 2.24) is 15.6 Å². The molecule has 0 saturated carbocycles. The summed E-state index contributed by atoms with van der Waals surface area (Å²) in [6.45, 7) is 4.71. The second kappa shape index (κ2) is 9.90. The van der Waals surface area contributed by atoms with Crippen molar-refractivity contribution in [3.63, 3.8) is 0 Å². The van der Waals surface area contributed by atoms with Gasteiger partial charge < -0.3 is 20.4 Å². The number of aromatic amines is 1. The Bertz CT molecular complexity index is 935. The number of hydrogen-bond donors (Lipinski definition) is 3. The van der Waals surface area contributed by atoms with Crippen LogP contribution in [0.2, 0.25) is 0 Å². The second-order valence-corrected chi connectivity index (χ2v) is 6.51. The predicted molar refractivity (Wildman–Crippen MR) is 112 cm³/mol. The highest BCUT2D eigenvalue weighted by molar-refractivity contribution is 5.83. The van der Waals surface area contributed by atoms with Gasteiger partial charge in [0.25, 0.3) is 0 Å². The summed E-state index contributed by atoms with van der Waals surface area (Å²) in [4.78, 5) is 7.42. The van der Waals surface area contributed by atoms with Crippen molar-refractivity contribution in [3.8, 4) is 0 Å². The Balaban J connectivity index is 1.52. The summed E-state index contributed by atoms with van der Waals surface area (Å²) in [6, 6.07) is 13.1. The summed E-state index contributed by atoms with van der Waals surface area (Å²) in [5.41, 5.74) is 4.35. The zero-order valence-corrected chi connectivity index (χ0v) is 16.4. The van der Waals surface area contributed by atoms with E-state index in [4.69, 9.17) is 4.74 Å². The number of ether oxygens (including phenoxy) is 1. The fourth-order valence-corrected chi connectivity index (χ4v) is 3.16. The van der Waals surface area contributed by atoms with Gasteiger partial charge in [0.05, 0.1) is 6.61 Å². The molecular formula is C22H27FN4O. The summed E-state index contributed by atoms with van der Waals surface area (Å²) in [5.74, 6) is 0.519. The Hall–Kier alpha value is -2.86. The molecule has 28 heavy (non-hydrogen) atoms. The van der Waals surface area contributed by atoms with Gasteiger partial charge >= 0.3 is 0 Å². The first-order chi connectivity index (χ1) is 13.7. The first-order valence-electron chi connectivity index (χ1n) is 9.55. The van der Waals surface area contributed by atoms with E-state index in [9.17, 15) is 4.39 Å². The van der Waals surface area contributed by atoms with Gasteiger partial charge in [-0.05, 0) is 48.2 Å². The van der Waals surface area contributed by atoms with Crippen LogP contribution >= 0.6 is 0 Å². The first-order valence-corrected chi connectivity index (χ1v) is 9.55. The largest absolute Gasteiger partial charge is 0.377 e. The van der Waals surface area contributed by atoms with E-state index in [0.29, 0.717) is 19.8 Å². The van der Waals surface area contributed by atoms with Gasteiger partial charge in [-0.15, -0.1) is 0 Å². The van der Waals surface area contributed by atoms with Crippen LogP contribution in [0.3, 0.4) is 0 Å². The van der Waals surface area contributed by atoms with Crippen molar-refractivity contribution in [1.29, 1.82) is 0 Å². The van der Waals surface area contributed by atoms with Crippen LogP contribution in [0.15, 0.2) is 53.7 Å². The molecule has 0 spiro atoms. The second-order valence-electron chi connectivity index (χ2n) is 6.51. The highest BCUT2D eigenvalue weighted by Crippen LogP contribution is 2.19. The minimum Gasteiger partial charge on any atom is -0.377 e. The van der Waals surface area contributed by atoms with E-state index in [0.717, 1.165) is 35.4 Å². The molecule has 1 heterocycles. The van der Waals surface area contributed by atoms with Crippen LogP contribution in [0.5, 0.6) is 0 Å². The number of rotatable bonds is 8. The number of guanidine groups is 1. The average Bonchev–Trinajstić information content (AvgIpc) is 3.11. The van der Waals surface area contributed by atoms with E-state index in [1.165, 1.54) is 23.3 Å². The Kier molecular flexibility index (Phi) is 7.03. The normalized spacial score (nSPS) is 11.8. The van der Waals surface area contributed by atoms with E-state index in [-0.39, 0.29) is 5.82 Å². The summed E-state index contributed by atoms with van der Waals surface area (Å²) < 4.78 is 18.8. The molecular weight excluding hydrogens is 355 g/mol. The van der Waals surface area contributed by atoms with Gasteiger partial charge in [-0.3, -0.25) is 4.99 Å². The molecule has 0 saturated heterocycles. The molecule has 0 unspecified atom stereocenters. The first kappa shape index (κ1) is 19.9. The summed E-state index contributed by atoms with van der Waals surface area (Å²) in [5, 5.41) is 7.74. The van der Waals surface area contributed by atoms with E-state index < -0.39 is 0 Å². The Morgan fingerprint density at radius 3 is 2.71 bits per heavy atom. The number of aromatic nitrogens is 1. The molecule has 0 fully saturated rings. The standard InChI is InChI=1S/C22H27FN4O/c1-3-28-15-18-7-5-4-6-16(18)13-27-22(24-2)25-11-10-17-14-26-21-12-19(23)8-9-20(17)21/h4-9,12,14,26H,3,10-11,13,15H2,1-2H3,(H2,24,25,27). The molecule has 2 aromatic carbocycles. The molecule has 0 amide bonds. The van der Waals surface area contributed by atoms with Gasteiger partial charge in [-0.2, -0.15) is 0 Å². The van der Waals surface area contributed by atoms with Gasteiger partial charge in [0.1, 0.15) is 5.82 Å². The third kappa shape index (κ3) is 5.10. The molecule has 0 atom stereocenters. The molecule has 3 rings (SSSR count). The maximum absolute atomic E-state index is 13.3. The fourth-order valence-electron chi connectivity index (χ4n) is 3.16. The van der Waals surface area contributed by atoms with Crippen LogP contribution in [-0.4, -0.2) is 31.1 Å². The molecule has 0 aliphatic rings. The van der Waals surface area contributed by atoms with E-state index in [1.54, 1.807) is 7.05 Å². The van der Waals surface area contributed by atoms with E-state index >= 15 is 0 Å². The van der Waals surface area contributed by atoms with Crippen LogP contribution in [-0.2, 0) is 24.3 Å². The highest BCUT2D eigenvalue weighted by atomic mass is 19.1. The smallest absolute Gasteiger partial charge is 0.191 e. The van der Waals surface area contributed by atoms with Crippen molar-refractivity contribution < 1.29 is 9.13 Å². The molecule has 3 aromatic rings. The van der Waals surface area contributed by atoms with Crippen LogP contribution in [0.4, 0.5) is 4.39 Å². The quantitative estimate of drug-likeness (QED) is 0.411. The molecule has 6 heteroatoms. The van der Waals surface area contributed by atoms with Gasteiger partial charge in [0, 0.05) is 43.8 Å². The number of aliphatic imine (C=N–C) groups is 1. The zero-order chi connectivity index (χ0) is 19.8. The topological polar surface area (TPSA) is 61.4 Å². The minimum atomic E-state index is -0.228. The number of nitrogens with one attached hydrogen (secondary N) is 3. The third-order valence-electron chi connectivity index (χ3n) is 4.67. The summed E-state index contributed by atoms with van der Waals surface area (Å²) in [7, 11) is 1.76. The number of fused-ring (bicyclic) bond motifs is 1. The number of hydrogen-bond acceptors (Lipinski definition) is 2. The fraction of sp³-hybridized carbons (Fsp3) is 0.318. The SMILES string of the molecule is CCOCc1ccccc1CNC(=NC)NCCc1c[nH]c2cc(F)ccc12. The monoisotopic (exact) mass is 382 g/mol. The molecule has 3 N–H and O–H groups in total. The van der Waals surface area contributed by atoms with Gasteiger partial charge in [-0.1, -0.05) is 24.3 Å². The van der Waals surface area contributed by atoms with Crippen molar-refractivity contribution >= 4 is 16.9 Å². The van der Waals surface area contributed by atoms with Gasteiger partial charge in [0.15, 0.2) is 5.96 Å². The summed E-state index contributed by atoms with van der Waals surface area (Å²) in [6.07, 6.45) is 2.75. The van der Waals surface area contributed by atoms with Crippen molar-refractivity contribution in [2.24, 2.45) is 4.99 Å². The van der Waals surface area contributed by atoms with Gasteiger partial charge in [0.2, 0.25) is 0 Å². The molecule has 0 aliphatic carbocycles. The lowest BCUT2D eigenvalue weighted by Crippen LogP contribution is -2.38. The Morgan fingerprint density at radius 2 is 1.93 bits per heavy atom. The molecule has 5 nitrogen and oxygen atoms in total. The number of halogens is 1. The third-order valence-corrected chi connectivity index (χ3v) is 4.67. The maximum Gasteiger partial charge on any atom is 0.191 e. The molecule has 148 valence electrons. The van der Waals surface area contributed by atoms with Gasteiger partial charge in [-0.25, -0.2) is 4.39 Å². The summed E-state index contributed by atoms with van der Waals surface area (Å²) >= 11 is 0. The lowest BCUT2D eigenvalue weighted by atomic mass is 10.1. The van der Waals surface area contributed by atoms with Crippen molar-refractivity contribution in [2.45, 2.75) is 26.5 Å². The lowest BCUT2D eigenvalue weighted by molar-refractivity contribution is 0.133. The lowest BCUT2D eigenvalue weighted by Gasteiger charge is -2.14. The molecule has 1 aromatic heterocycles. The van der Waals surface area contributed by atoms with E-state index in [1.807, 2.05) is 31.3 Å². The Labute approximate surface area is 165 Å². The molecule has 0 bridgehead atoms. The number of benzene rings is 2. The van der Waals surface area contributed by atoms with E-state index in [2.05, 4.69) is 32.7 Å². The maximum atomic E-state index is 13.3. The zero-order valence-electron chi connectivity index (χ0n) is 16.4. The Morgan fingerprint density at radius 1 is 1.11 bits per heavy atom. The van der Waals surface area contributed by atoms with Crippen molar-refractivity contribution in [2.75, 3.05) is 20.2 Å². The van der Waals surface area contributed by atoms with Crippen molar-refractivity contribution in [3.05, 3.63) is 71.2 Å². The minimum absolute atomic E-state index is 0.228. The number of nitrogens with zero attached hydrogens (tertiary/aromatic N) is 1. The van der Waals surface area contributed by atoms with Crippen LogP contribution in [0.1, 0.15) is 23.6 Å². The van der Waals surface area contributed by atoms with Crippen LogP contribution < -0.4 is 10.6 Å². The number of H-pyrrole nitrogens is 1. The predicted octanol–water partition coefficient (Wildman–Crippen LogP) is 3.75. The average molecular weight is 382 g/mol. The molecule has 0 aliphatic heterocycles. The van der Waals surface area contributed by atoms with Crippen LogP contribution in [0, 0.1) is 5.82 Å². The van der Waals surface area contributed by atoms with Crippen LogP contribution in [0.25, 0.3) is 10.9 Å². The highest BCUT2D eigenvalue weighted by Gasteiger charge is 2.06.